The highest BCUT2D eigenvalue weighted by Crippen LogP contribution is 2.21. The van der Waals surface area contributed by atoms with E-state index >= 15 is 0 Å². The number of thiazole rings is 1. The topological polar surface area (TPSA) is 83.1 Å². The number of halogens is 1. The Hall–Kier alpha value is -2.90. The number of anilines is 3. The molecule has 3 rings (SSSR count). The van der Waals surface area contributed by atoms with E-state index in [0.717, 1.165) is 16.8 Å². The fraction of sp³-hybridized carbons (Fsp3) is 0.105. The number of rotatable bonds is 4. The summed E-state index contributed by atoms with van der Waals surface area (Å²) in [5.74, 6) is -0.328. The van der Waals surface area contributed by atoms with E-state index in [-0.39, 0.29) is 11.6 Å². The molecule has 1 heterocycles. The van der Waals surface area contributed by atoms with Crippen molar-refractivity contribution in [1.29, 1.82) is 0 Å². The van der Waals surface area contributed by atoms with E-state index in [0.29, 0.717) is 15.8 Å². The third-order valence-electron chi connectivity index (χ3n) is 3.91. The summed E-state index contributed by atoms with van der Waals surface area (Å²) in [6, 6.07) is 12.0. The predicted octanol–water partition coefficient (Wildman–Crippen LogP) is 5.31. The van der Waals surface area contributed by atoms with Gasteiger partial charge in [0.1, 0.15) is 5.69 Å². The van der Waals surface area contributed by atoms with Crippen LogP contribution in [0.25, 0.3) is 0 Å². The maximum Gasteiger partial charge on any atom is 0.325 e. The van der Waals surface area contributed by atoms with Crippen LogP contribution in [-0.2, 0) is 0 Å². The van der Waals surface area contributed by atoms with Gasteiger partial charge in [-0.2, -0.15) is 0 Å². The summed E-state index contributed by atoms with van der Waals surface area (Å²) >= 11 is 6.98. The van der Waals surface area contributed by atoms with E-state index in [2.05, 4.69) is 20.9 Å². The molecular formula is C19H17ClN4O2S. The number of hydrogen-bond acceptors (Lipinski definition) is 4. The Morgan fingerprint density at radius 3 is 2.48 bits per heavy atom. The van der Waals surface area contributed by atoms with Gasteiger partial charge in [0.2, 0.25) is 0 Å². The monoisotopic (exact) mass is 400 g/mol. The van der Waals surface area contributed by atoms with Crippen LogP contribution < -0.4 is 16.0 Å². The smallest absolute Gasteiger partial charge is 0.320 e. The average molecular weight is 401 g/mol. The van der Waals surface area contributed by atoms with Crippen molar-refractivity contribution in [3.63, 3.8) is 0 Å². The lowest BCUT2D eigenvalue weighted by Crippen LogP contribution is -2.19. The van der Waals surface area contributed by atoms with Crippen LogP contribution in [0.2, 0.25) is 5.02 Å². The molecule has 0 aliphatic carbocycles. The highest BCUT2D eigenvalue weighted by atomic mass is 35.5. The van der Waals surface area contributed by atoms with Gasteiger partial charge in [-0.05, 0) is 55.3 Å². The van der Waals surface area contributed by atoms with Crippen molar-refractivity contribution in [2.75, 3.05) is 16.0 Å². The van der Waals surface area contributed by atoms with Crippen LogP contribution in [0.15, 0.2) is 47.8 Å². The maximum atomic E-state index is 12.4. The second-order valence-electron chi connectivity index (χ2n) is 5.83. The number of carbonyl (C=O) groups excluding carboxylic acids is 2. The molecule has 0 aliphatic rings. The Kier molecular flexibility index (Phi) is 5.73. The molecule has 0 spiro atoms. The van der Waals surface area contributed by atoms with Crippen LogP contribution in [0.4, 0.5) is 21.3 Å². The summed E-state index contributed by atoms with van der Waals surface area (Å²) in [5.41, 5.74) is 3.67. The van der Waals surface area contributed by atoms with Crippen LogP contribution in [-0.4, -0.2) is 16.9 Å². The Morgan fingerprint density at radius 1 is 1.00 bits per heavy atom. The number of carbonyl (C=O) groups is 2. The summed E-state index contributed by atoms with van der Waals surface area (Å²) in [6.07, 6.45) is 0. The molecule has 0 radical (unpaired) electrons. The van der Waals surface area contributed by atoms with Gasteiger partial charge in [-0.15, -0.1) is 11.3 Å². The molecule has 3 N–H and O–H groups in total. The summed E-state index contributed by atoms with van der Waals surface area (Å²) in [7, 11) is 0. The molecular weight excluding hydrogens is 384 g/mol. The summed E-state index contributed by atoms with van der Waals surface area (Å²) in [5, 5.41) is 10.6. The number of urea groups is 1. The van der Waals surface area contributed by atoms with Crippen molar-refractivity contribution >= 4 is 51.4 Å². The zero-order chi connectivity index (χ0) is 19.4. The molecule has 27 heavy (non-hydrogen) atoms. The van der Waals surface area contributed by atoms with Crippen molar-refractivity contribution in [1.82, 2.24) is 4.98 Å². The molecule has 0 fully saturated rings. The Morgan fingerprint density at radius 2 is 1.74 bits per heavy atom. The van der Waals surface area contributed by atoms with E-state index in [4.69, 9.17) is 11.6 Å². The highest BCUT2D eigenvalue weighted by Gasteiger charge is 2.14. The summed E-state index contributed by atoms with van der Waals surface area (Å²) in [4.78, 5) is 28.6. The molecule has 0 bridgehead atoms. The van der Waals surface area contributed by atoms with Crippen LogP contribution in [0.1, 0.15) is 21.6 Å². The van der Waals surface area contributed by atoms with Gasteiger partial charge < -0.3 is 10.6 Å². The molecule has 0 saturated carbocycles. The van der Waals surface area contributed by atoms with Gasteiger partial charge in [0.05, 0.1) is 0 Å². The number of amides is 3. The van der Waals surface area contributed by atoms with Crippen molar-refractivity contribution in [3.05, 3.63) is 69.7 Å². The van der Waals surface area contributed by atoms with Gasteiger partial charge in [-0.25, -0.2) is 9.78 Å². The SMILES string of the molecule is Cc1cccc(NC(=O)c2csc(NC(=O)Nc3ccc(Cl)cc3)n2)c1C. The van der Waals surface area contributed by atoms with Gasteiger partial charge in [0, 0.05) is 21.8 Å². The molecule has 0 atom stereocenters. The lowest BCUT2D eigenvalue weighted by molar-refractivity contribution is 0.102. The van der Waals surface area contributed by atoms with Gasteiger partial charge in [-0.1, -0.05) is 23.7 Å². The van der Waals surface area contributed by atoms with E-state index in [9.17, 15) is 9.59 Å². The molecule has 3 aromatic rings. The zero-order valence-electron chi connectivity index (χ0n) is 14.7. The average Bonchev–Trinajstić information content (AvgIpc) is 3.09. The molecule has 0 saturated heterocycles. The van der Waals surface area contributed by atoms with Gasteiger partial charge in [-0.3, -0.25) is 10.1 Å². The van der Waals surface area contributed by atoms with Gasteiger partial charge in [0.25, 0.3) is 5.91 Å². The third kappa shape index (κ3) is 4.84. The highest BCUT2D eigenvalue weighted by molar-refractivity contribution is 7.14. The lowest BCUT2D eigenvalue weighted by atomic mass is 10.1. The minimum atomic E-state index is -0.451. The van der Waals surface area contributed by atoms with E-state index < -0.39 is 6.03 Å². The van der Waals surface area contributed by atoms with E-state index in [1.165, 1.54) is 11.3 Å². The standard InChI is InChI=1S/C19H17ClN4O2S/c1-11-4-3-5-15(12(11)2)22-17(25)16-10-27-19(23-16)24-18(26)21-14-8-6-13(20)7-9-14/h3-10H,1-2H3,(H,22,25)(H2,21,23,24,26). The molecule has 1 aromatic heterocycles. The number of aromatic nitrogens is 1. The first-order chi connectivity index (χ1) is 12.9. The fourth-order valence-electron chi connectivity index (χ4n) is 2.30. The molecule has 0 unspecified atom stereocenters. The first kappa shape index (κ1) is 18.9. The number of aryl methyl sites for hydroxylation is 1. The van der Waals surface area contributed by atoms with Crippen LogP contribution in [0.5, 0.6) is 0 Å². The molecule has 6 nitrogen and oxygen atoms in total. The number of nitrogens with one attached hydrogen (secondary N) is 3. The second-order valence-corrected chi connectivity index (χ2v) is 7.12. The van der Waals surface area contributed by atoms with E-state index in [1.807, 2.05) is 32.0 Å². The Labute approximate surface area is 165 Å². The van der Waals surface area contributed by atoms with Crippen molar-refractivity contribution in [3.8, 4) is 0 Å². The zero-order valence-corrected chi connectivity index (χ0v) is 16.2. The second kappa shape index (κ2) is 8.20. The molecule has 2 aromatic carbocycles. The molecule has 0 aliphatic heterocycles. The van der Waals surface area contributed by atoms with Crippen molar-refractivity contribution in [2.45, 2.75) is 13.8 Å². The first-order valence-corrected chi connectivity index (χ1v) is 9.35. The maximum absolute atomic E-state index is 12.4. The largest absolute Gasteiger partial charge is 0.325 e. The summed E-state index contributed by atoms with van der Waals surface area (Å²) in [6.45, 7) is 3.93. The number of benzene rings is 2. The molecule has 8 heteroatoms. The number of hydrogen-bond donors (Lipinski definition) is 3. The van der Waals surface area contributed by atoms with Crippen LogP contribution in [0, 0.1) is 13.8 Å². The minimum Gasteiger partial charge on any atom is -0.320 e. The quantitative estimate of drug-likeness (QED) is 0.555. The van der Waals surface area contributed by atoms with Crippen LogP contribution in [0.3, 0.4) is 0 Å². The fourth-order valence-corrected chi connectivity index (χ4v) is 3.11. The molecule has 138 valence electrons. The minimum absolute atomic E-state index is 0.239. The third-order valence-corrected chi connectivity index (χ3v) is 4.92. The predicted molar refractivity (Wildman–Crippen MR) is 110 cm³/mol. The Balaban J connectivity index is 1.62. The first-order valence-electron chi connectivity index (χ1n) is 8.09. The molecule has 3 amide bonds. The van der Waals surface area contributed by atoms with Crippen molar-refractivity contribution in [2.24, 2.45) is 0 Å². The normalized spacial score (nSPS) is 10.3. The van der Waals surface area contributed by atoms with Crippen LogP contribution >= 0.6 is 22.9 Å². The van der Waals surface area contributed by atoms with Crippen molar-refractivity contribution < 1.29 is 9.59 Å². The van der Waals surface area contributed by atoms with E-state index in [1.54, 1.807) is 29.6 Å². The number of nitrogens with zero attached hydrogens (tertiary/aromatic N) is 1. The summed E-state index contributed by atoms with van der Waals surface area (Å²) < 4.78 is 0. The van der Waals surface area contributed by atoms with Gasteiger partial charge >= 0.3 is 6.03 Å². The Bertz CT molecular complexity index is 986. The lowest BCUT2D eigenvalue weighted by Gasteiger charge is -2.09. The van der Waals surface area contributed by atoms with Gasteiger partial charge in [0.15, 0.2) is 5.13 Å².